The SMILES string of the molecule is CCCO[C@H](c1ccc2c(c1)OCO2)[C@H](C)Br. The van der Waals surface area contributed by atoms with Crippen molar-refractivity contribution in [2.75, 3.05) is 13.4 Å². The average Bonchev–Trinajstić information content (AvgIpc) is 2.76. The van der Waals surface area contributed by atoms with Crippen LogP contribution in [0.25, 0.3) is 0 Å². The van der Waals surface area contributed by atoms with Gasteiger partial charge in [0.15, 0.2) is 11.5 Å². The maximum Gasteiger partial charge on any atom is 0.231 e. The van der Waals surface area contributed by atoms with Crippen LogP contribution in [0.1, 0.15) is 31.9 Å². The first kappa shape index (κ1) is 12.7. The second-order valence-corrected chi connectivity index (χ2v) is 5.53. The number of rotatable bonds is 5. The van der Waals surface area contributed by atoms with Gasteiger partial charge in [-0.1, -0.05) is 28.9 Å². The van der Waals surface area contributed by atoms with Crippen molar-refractivity contribution in [3.63, 3.8) is 0 Å². The number of alkyl halides is 1. The zero-order valence-electron chi connectivity index (χ0n) is 10.1. The molecule has 0 radical (unpaired) electrons. The zero-order chi connectivity index (χ0) is 12.3. The first-order valence-electron chi connectivity index (χ1n) is 5.87. The van der Waals surface area contributed by atoms with Gasteiger partial charge in [0.25, 0.3) is 0 Å². The molecule has 0 amide bonds. The summed E-state index contributed by atoms with van der Waals surface area (Å²) in [6.45, 7) is 5.26. The summed E-state index contributed by atoms with van der Waals surface area (Å²) in [6.07, 6.45) is 1.06. The van der Waals surface area contributed by atoms with E-state index in [2.05, 4.69) is 29.8 Å². The van der Waals surface area contributed by atoms with E-state index in [9.17, 15) is 0 Å². The minimum absolute atomic E-state index is 0.0458. The van der Waals surface area contributed by atoms with Crippen LogP contribution in [-0.4, -0.2) is 18.2 Å². The number of hydrogen-bond donors (Lipinski definition) is 0. The van der Waals surface area contributed by atoms with Gasteiger partial charge in [-0.3, -0.25) is 0 Å². The molecule has 1 heterocycles. The van der Waals surface area contributed by atoms with Crippen LogP contribution in [0.4, 0.5) is 0 Å². The van der Waals surface area contributed by atoms with Gasteiger partial charge < -0.3 is 14.2 Å². The van der Waals surface area contributed by atoms with Crippen molar-refractivity contribution in [2.45, 2.75) is 31.2 Å². The summed E-state index contributed by atoms with van der Waals surface area (Å²) in [6, 6.07) is 5.97. The van der Waals surface area contributed by atoms with E-state index < -0.39 is 0 Å². The molecule has 4 heteroatoms. The molecule has 2 rings (SSSR count). The molecule has 94 valence electrons. The van der Waals surface area contributed by atoms with Gasteiger partial charge >= 0.3 is 0 Å². The van der Waals surface area contributed by atoms with Crippen molar-refractivity contribution < 1.29 is 14.2 Å². The molecule has 0 unspecified atom stereocenters. The third kappa shape index (κ3) is 2.93. The molecule has 1 aromatic rings. The summed E-state index contributed by atoms with van der Waals surface area (Å²) < 4.78 is 16.5. The standard InChI is InChI=1S/C13H17BrO3/c1-3-6-15-13(9(2)14)10-4-5-11-12(7-10)17-8-16-11/h4-5,7,9,13H,3,6,8H2,1-2H3/t9-,13-/m0/s1. The van der Waals surface area contributed by atoms with E-state index in [1.54, 1.807) is 0 Å². The number of hydrogen-bond acceptors (Lipinski definition) is 3. The van der Waals surface area contributed by atoms with E-state index in [0.29, 0.717) is 6.79 Å². The van der Waals surface area contributed by atoms with Crippen LogP contribution in [0.5, 0.6) is 11.5 Å². The Hall–Kier alpha value is -0.740. The van der Waals surface area contributed by atoms with E-state index in [0.717, 1.165) is 30.1 Å². The van der Waals surface area contributed by atoms with E-state index in [1.165, 1.54) is 0 Å². The van der Waals surface area contributed by atoms with Crippen LogP contribution < -0.4 is 9.47 Å². The fraction of sp³-hybridized carbons (Fsp3) is 0.538. The first-order chi connectivity index (χ1) is 8.22. The highest BCUT2D eigenvalue weighted by Crippen LogP contribution is 2.36. The van der Waals surface area contributed by atoms with E-state index in [-0.39, 0.29) is 10.9 Å². The second kappa shape index (κ2) is 5.74. The van der Waals surface area contributed by atoms with Gasteiger partial charge in [-0.15, -0.1) is 0 Å². The summed E-state index contributed by atoms with van der Waals surface area (Å²) >= 11 is 3.59. The molecule has 1 aliphatic rings. The lowest BCUT2D eigenvalue weighted by Gasteiger charge is -2.20. The predicted octanol–water partition coefficient (Wildman–Crippen LogP) is 3.67. The van der Waals surface area contributed by atoms with Crippen molar-refractivity contribution in [1.82, 2.24) is 0 Å². The first-order valence-corrected chi connectivity index (χ1v) is 6.79. The van der Waals surface area contributed by atoms with Crippen LogP contribution >= 0.6 is 15.9 Å². The number of fused-ring (bicyclic) bond motifs is 1. The van der Waals surface area contributed by atoms with Gasteiger partial charge in [-0.05, 0) is 31.0 Å². The summed E-state index contributed by atoms with van der Waals surface area (Å²) in [5, 5.41) is 0. The quantitative estimate of drug-likeness (QED) is 0.777. The van der Waals surface area contributed by atoms with Crippen LogP contribution in [0.15, 0.2) is 18.2 Å². The minimum atomic E-state index is 0.0458. The van der Waals surface area contributed by atoms with Crippen molar-refractivity contribution in [1.29, 1.82) is 0 Å². The third-order valence-electron chi connectivity index (χ3n) is 2.64. The largest absolute Gasteiger partial charge is 0.454 e. The van der Waals surface area contributed by atoms with E-state index in [4.69, 9.17) is 14.2 Å². The Morgan fingerprint density at radius 3 is 2.82 bits per heavy atom. The van der Waals surface area contributed by atoms with E-state index >= 15 is 0 Å². The maximum absolute atomic E-state index is 5.86. The van der Waals surface area contributed by atoms with Crippen molar-refractivity contribution >= 4 is 15.9 Å². The highest BCUT2D eigenvalue weighted by Gasteiger charge is 2.21. The maximum atomic E-state index is 5.86. The molecule has 0 saturated heterocycles. The van der Waals surface area contributed by atoms with Gasteiger partial charge in [0.2, 0.25) is 6.79 Å². The smallest absolute Gasteiger partial charge is 0.231 e. The van der Waals surface area contributed by atoms with Gasteiger partial charge in [0.1, 0.15) is 0 Å². The van der Waals surface area contributed by atoms with E-state index in [1.807, 2.05) is 18.2 Å². The molecule has 3 nitrogen and oxygen atoms in total. The van der Waals surface area contributed by atoms with Crippen LogP contribution in [0, 0.1) is 0 Å². The van der Waals surface area contributed by atoms with Crippen molar-refractivity contribution in [3.8, 4) is 11.5 Å². The number of ether oxygens (including phenoxy) is 3. The normalized spacial score (nSPS) is 16.9. The molecular weight excluding hydrogens is 284 g/mol. The van der Waals surface area contributed by atoms with Crippen molar-refractivity contribution in [3.05, 3.63) is 23.8 Å². The molecule has 17 heavy (non-hydrogen) atoms. The molecule has 0 N–H and O–H groups in total. The Bertz CT molecular complexity index is 379. The topological polar surface area (TPSA) is 27.7 Å². The lowest BCUT2D eigenvalue weighted by molar-refractivity contribution is 0.0554. The Labute approximate surface area is 110 Å². The number of halogens is 1. The highest BCUT2D eigenvalue weighted by atomic mass is 79.9. The van der Waals surface area contributed by atoms with Crippen LogP contribution in [0.2, 0.25) is 0 Å². The molecule has 1 aromatic carbocycles. The molecule has 0 saturated carbocycles. The molecule has 2 atom stereocenters. The zero-order valence-corrected chi connectivity index (χ0v) is 11.7. The minimum Gasteiger partial charge on any atom is -0.454 e. The lowest BCUT2D eigenvalue weighted by atomic mass is 10.1. The highest BCUT2D eigenvalue weighted by molar-refractivity contribution is 9.09. The summed E-state index contributed by atoms with van der Waals surface area (Å²) in [4.78, 5) is 0.259. The fourth-order valence-corrected chi connectivity index (χ4v) is 2.29. The monoisotopic (exact) mass is 300 g/mol. The molecule has 1 aliphatic heterocycles. The van der Waals surface area contributed by atoms with Gasteiger partial charge in [0.05, 0.1) is 6.10 Å². The third-order valence-corrected chi connectivity index (χ3v) is 3.12. The summed E-state index contributed by atoms with van der Waals surface area (Å²) in [5.41, 5.74) is 1.12. The lowest BCUT2D eigenvalue weighted by Crippen LogP contribution is -2.13. The molecule has 0 bridgehead atoms. The van der Waals surface area contributed by atoms with Gasteiger partial charge in [-0.25, -0.2) is 0 Å². The molecule has 0 aromatic heterocycles. The summed E-state index contributed by atoms with van der Waals surface area (Å²) in [7, 11) is 0. The second-order valence-electron chi connectivity index (χ2n) is 4.08. The Balaban J connectivity index is 2.17. The Morgan fingerprint density at radius 2 is 2.12 bits per heavy atom. The Morgan fingerprint density at radius 1 is 1.35 bits per heavy atom. The van der Waals surface area contributed by atoms with Crippen molar-refractivity contribution in [2.24, 2.45) is 0 Å². The Kier molecular flexibility index (Phi) is 4.29. The summed E-state index contributed by atoms with van der Waals surface area (Å²) in [5.74, 6) is 1.62. The average molecular weight is 301 g/mol. The number of benzene rings is 1. The molecule has 0 fully saturated rings. The molecule has 0 aliphatic carbocycles. The van der Waals surface area contributed by atoms with Gasteiger partial charge in [-0.2, -0.15) is 0 Å². The molecule has 0 spiro atoms. The fourth-order valence-electron chi connectivity index (χ4n) is 1.83. The van der Waals surface area contributed by atoms with Crippen LogP contribution in [0.3, 0.4) is 0 Å². The molecular formula is C13H17BrO3. The van der Waals surface area contributed by atoms with Gasteiger partial charge in [0, 0.05) is 11.4 Å². The predicted molar refractivity (Wildman–Crippen MR) is 69.9 cm³/mol. The van der Waals surface area contributed by atoms with Crippen LogP contribution in [-0.2, 0) is 4.74 Å².